The van der Waals surface area contributed by atoms with Crippen molar-refractivity contribution in [2.24, 2.45) is 20.5 Å². The van der Waals surface area contributed by atoms with Crippen molar-refractivity contribution in [3.63, 3.8) is 0 Å². The van der Waals surface area contributed by atoms with Crippen molar-refractivity contribution in [2.45, 2.75) is 0 Å². The van der Waals surface area contributed by atoms with Crippen LogP contribution in [0, 0.1) is 0 Å². The van der Waals surface area contributed by atoms with Gasteiger partial charge in [0.15, 0.2) is 0 Å². The van der Waals surface area contributed by atoms with Crippen molar-refractivity contribution in [3.05, 3.63) is 121 Å². The summed E-state index contributed by atoms with van der Waals surface area (Å²) in [7, 11) is 0. The summed E-state index contributed by atoms with van der Waals surface area (Å²) in [4.78, 5) is 3.55. The van der Waals surface area contributed by atoms with E-state index in [1.54, 1.807) is 0 Å². The maximum atomic E-state index is 4.65. The number of nitrogens with one attached hydrogen (secondary N) is 1. The fraction of sp³-hybridized carbons (Fsp3) is 0. The summed E-state index contributed by atoms with van der Waals surface area (Å²) in [5, 5.41) is 18.3. The molecule has 0 aliphatic carbocycles. The number of hydrogen-bond acceptors (Lipinski definition) is 4. The normalized spacial score (nSPS) is 11.4. The lowest BCUT2D eigenvalue weighted by molar-refractivity contribution is 1.20. The van der Waals surface area contributed by atoms with Crippen LogP contribution in [0.4, 0.5) is 22.7 Å². The first-order valence-corrected chi connectivity index (χ1v) is 10.7. The molecule has 0 aliphatic heterocycles. The van der Waals surface area contributed by atoms with Gasteiger partial charge in [-0.2, -0.15) is 10.2 Å². The molecule has 5 aromatic rings. The van der Waals surface area contributed by atoms with Crippen molar-refractivity contribution in [3.8, 4) is 22.5 Å². The summed E-state index contributed by atoms with van der Waals surface area (Å²) >= 11 is 0. The second-order valence-corrected chi connectivity index (χ2v) is 7.38. The van der Waals surface area contributed by atoms with E-state index in [-0.39, 0.29) is 0 Å². The Morgan fingerprint density at radius 1 is 0.364 bits per heavy atom. The first kappa shape index (κ1) is 20.3. The summed E-state index contributed by atoms with van der Waals surface area (Å²) < 4.78 is 0. The molecule has 0 unspecified atom stereocenters. The van der Waals surface area contributed by atoms with Crippen LogP contribution in [0.5, 0.6) is 0 Å². The highest BCUT2D eigenvalue weighted by Gasteiger charge is 2.20. The van der Waals surface area contributed by atoms with Crippen molar-refractivity contribution < 1.29 is 0 Å². The quantitative estimate of drug-likeness (QED) is 0.263. The molecule has 0 radical (unpaired) electrons. The Hall–Kier alpha value is -4.64. The molecular weight excluding hydrogens is 406 g/mol. The first-order chi connectivity index (χ1) is 16.4. The molecule has 5 heteroatoms. The van der Waals surface area contributed by atoms with Crippen LogP contribution in [0.3, 0.4) is 0 Å². The maximum Gasteiger partial charge on any atom is 0.139 e. The lowest BCUT2D eigenvalue weighted by Crippen LogP contribution is -1.79. The summed E-state index contributed by atoms with van der Waals surface area (Å²) in [6.45, 7) is 0. The van der Waals surface area contributed by atoms with Crippen LogP contribution in [0.2, 0.25) is 0 Å². The fourth-order valence-electron chi connectivity index (χ4n) is 3.51. The number of H-pyrrole nitrogens is 1. The largest absolute Gasteiger partial charge is 0.351 e. The Morgan fingerprint density at radius 2 is 0.697 bits per heavy atom. The Balaban J connectivity index is 1.71. The summed E-state index contributed by atoms with van der Waals surface area (Å²) in [5.74, 6) is 0. The standard InChI is InChI=1S/C28H21N5/c1-5-13-21(14-6-1)25-27(32-30-23-17-9-3-10-18-23)28(33-31-24-19-11-4-12-20-24)26(29-25)22-15-7-2-8-16-22/h1-20,29H. The molecular formula is C28H21N5. The molecule has 0 spiro atoms. The van der Waals surface area contributed by atoms with Gasteiger partial charge >= 0.3 is 0 Å². The smallest absolute Gasteiger partial charge is 0.139 e. The highest BCUT2D eigenvalue weighted by atomic mass is 15.2. The summed E-state index contributed by atoms with van der Waals surface area (Å²) in [5.41, 5.74) is 6.50. The van der Waals surface area contributed by atoms with Crippen LogP contribution in [0.15, 0.2) is 142 Å². The van der Waals surface area contributed by atoms with Gasteiger partial charge in [-0.05, 0) is 24.3 Å². The molecule has 33 heavy (non-hydrogen) atoms. The second kappa shape index (κ2) is 9.66. The molecule has 1 N–H and O–H groups in total. The van der Waals surface area contributed by atoms with E-state index in [0.29, 0.717) is 11.4 Å². The molecule has 5 nitrogen and oxygen atoms in total. The van der Waals surface area contributed by atoms with Crippen molar-refractivity contribution in [1.29, 1.82) is 0 Å². The molecule has 158 valence electrons. The molecule has 0 fully saturated rings. The number of nitrogens with zero attached hydrogens (tertiary/aromatic N) is 4. The van der Waals surface area contributed by atoms with Crippen LogP contribution in [-0.2, 0) is 0 Å². The van der Waals surface area contributed by atoms with E-state index in [1.165, 1.54) is 0 Å². The van der Waals surface area contributed by atoms with Crippen molar-refractivity contribution in [1.82, 2.24) is 4.98 Å². The van der Waals surface area contributed by atoms with Gasteiger partial charge in [0.2, 0.25) is 0 Å². The Labute approximate surface area is 192 Å². The zero-order valence-electron chi connectivity index (χ0n) is 17.8. The van der Waals surface area contributed by atoms with E-state index >= 15 is 0 Å². The van der Waals surface area contributed by atoms with Gasteiger partial charge in [-0.25, -0.2) is 0 Å². The molecule has 5 rings (SSSR count). The summed E-state index contributed by atoms with van der Waals surface area (Å²) in [6, 6.07) is 39.5. The fourth-order valence-corrected chi connectivity index (χ4v) is 3.51. The predicted octanol–water partition coefficient (Wildman–Crippen LogP) is 9.18. The molecule has 0 aliphatic rings. The number of hydrogen-bond donors (Lipinski definition) is 1. The van der Waals surface area contributed by atoms with Gasteiger partial charge in [-0.15, -0.1) is 10.2 Å². The van der Waals surface area contributed by atoms with Crippen molar-refractivity contribution in [2.75, 3.05) is 0 Å². The van der Waals surface area contributed by atoms with E-state index in [2.05, 4.69) is 25.4 Å². The number of benzene rings is 4. The van der Waals surface area contributed by atoms with E-state index in [1.807, 2.05) is 121 Å². The monoisotopic (exact) mass is 427 g/mol. The van der Waals surface area contributed by atoms with Crippen LogP contribution in [-0.4, -0.2) is 4.98 Å². The Bertz CT molecular complexity index is 1270. The van der Waals surface area contributed by atoms with Crippen LogP contribution in [0.25, 0.3) is 22.5 Å². The van der Waals surface area contributed by atoms with Gasteiger partial charge in [-0.1, -0.05) is 97.1 Å². The second-order valence-electron chi connectivity index (χ2n) is 7.38. The molecule has 0 amide bonds. The zero-order valence-corrected chi connectivity index (χ0v) is 17.8. The number of azo groups is 2. The van der Waals surface area contributed by atoms with E-state index in [9.17, 15) is 0 Å². The molecule has 0 bridgehead atoms. The third-order valence-electron chi connectivity index (χ3n) is 5.12. The van der Waals surface area contributed by atoms with Gasteiger partial charge in [0.05, 0.1) is 22.8 Å². The average molecular weight is 428 g/mol. The molecule has 0 atom stereocenters. The summed E-state index contributed by atoms with van der Waals surface area (Å²) in [6.07, 6.45) is 0. The molecule has 1 heterocycles. The lowest BCUT2D eigenvalue weighted by atomic mass is 10.1. The minimum Gasteiger partial charge on any atom is -0.351 e. The molecule has 1 aromatic heterocycles. The van der Waals surface area contributed by atoms with Crippen LogP contribution >= 0.6 is 0 Å². The maximum absolute atomic E-state index is 4.65. The van der Waals surface area contributed by atoms with Crippen LogP contribution in [0.1, 0.15) is 0 Å². The third kappa shape index (κ3) is 4.67. The molecule has 0 saturated heterocycles. The van der Waals surface area contributed by atoms with Gasteiger partial charge < -0.3 is 4.98 Å². The minimum atomic E-state index is 0.642. The first-order valence-electron chi connectivity index (χ1n) is 10.7. The highest BCUT2D eigenvalue weighted by molar-refractivity contribution is 5.91. The molecule has 4 aromatic carbocycles. The van der Waals surface area contributed by atoms with Gasteiger partial charge in [0.1, 0.15) is 11.4 Å². The lowest BCUT2D eigenvalue weighted by Gasteiger charge is -2.00. The Morgan fingerprint density at radius 3 is 1.06 bits per heavy atom. The van der Waals surface area contributed by atoms with Gasteiger partial charge in [-0.3, -0.25) is 0 Å². The van der Waals surface area contributed by atoms with Crippen LogP contribution < -0.4 is 0 Å². The highest BCUT2D eigenvalue weighted by Crippen LogP contribution is 2.46. The number of aromatic nitrogens is 1. The topological polar surface area (TPSA) is 65.2 Å². The predicted molar refractivity (Wildman–Crippen MR) is 133 cm³/mol. The Kier molecular flexibility index (Phi) is 5.94. The third-order valence-corrected chi connectivity index (χ3v) is 5.12. The van der Waals surface area contributed by atoms with Gasteiger partial charge in [0.25, 0.3) is 0 Å². The number of rotatable bonds is 6. The van der Waals surface area contributed by atoms with E-state index < -0.39 is 0 Å². The number of aromatic amines is 1. The zero-order chi connectivity index (χ0) is 22.3. The average Bonchev–Trinajstić information content (AvgIpc) is 3.27. The molecule has 0 saturated carbocycles. The van der Waals surface area contributed by atoms with Crippen molar-refractivity contribution >= 4 is 22.7 Å². The minimum absolute atomic E-state index is 0.642. The van der Waals surface area contributed by atoms with E-state index in [4.69, 9.17) is 0 Å². The van der Waals surface area contributed by atoms with Gasteiger partial charge in [0, 0.05) is 11.1 Å². The SMILES string of the molecule is c1ccc(N=Nc2c(-c3ccccc3)[nH]c(-c3ccccc3)c2N=Nc2ccccc2)cc1. The van der Waals surface area contributed by atoms with E-state index in [0.717, 1.165) is 33.9 Å².